The van der Waals surface area contributed by atoms with E-state index in [0.29, 0.717) is 28.7 Å². The van der Waals surface area contributed by atoms with E-state index in [-0.39, 0.29) is 11.5 Å². The van der Waals surface area contributed by atoms with Crippen molar-refractivity contribution in [2.45, 2.75) is 45.7 Å². The van der Waals surface area contributed by atoms with E-state index < -0.39 is 0 Å². The Hall–Kier alpha value is -4.00. The summed E-state index contributed by atoms with van der Waals surface area (Å²) in [6.07, 6.45) is 11.7. The van der Waals surface area contributed by atoms with Gasteiger partial charge in [-0.3, -0.25) is 9.99 Å². The first-order valence-electron chi connectivity index (χ1n) is 12.8. The number of nitrogens with one attached hydrogen (secondary N) is 4. The van der Waals surface area contributed by atoms with Crippen LogP contribution in [-0.2, 0) is 0 Å². The van der Waals surface area contributed by atoms with Crippen LogP contribution in [-0.4, -0.2) is 32.0 Å². The number of aromatic nitrogens is 3. The van der Waals surface area contributed by atoms with E-state index in [9.17, 15) is 5.26 Å². The van der Waals surface area contributed by atoms with Crippen molar-refractivity contribution in [1.82, 2.24) is 30.3 Å². The van der Waals surface area contributed by atoms with Gasteiger partial charge >= 0.3 is 0 Å². The van der Waals surface area contributed by atoms with Crippen LogP contribution in [0.4, 0.5) is 11.4 Å². The Morgan fingerprint density at radius 1 is 1.26 bits per heavy atom. The molecule has 1 saturated carbocycles. The molecule has 4 heterocycles. The molecule has 1 atom stereocenters. The summed E-state index contributed by atoms with van der Waals surface area (Å²) in [5.41, 5.74) is 12.4. The molecule has 38 heavy (non-hydrogen) atoms. The summed E-state index contributed by atoms with van der Waals surface area (Å²) in [5, 5.41) is 20.5. The molecule has 0 spiro atoms. The minimum atomic E-state index is -0.224. The predicted octanol–water partition coefficient (Wildman–Crippen LogP) is 5.35. The monoisotopic (exact) mass is 527 g/mol. The van der Waals surface area contributed by atoms with Crippen LogP contribution in [0.5, 0.6) is 0 Å². The zero-order chi connectivity index (χ0) is 26.4. The number of rotatable bonds is 7. The lowest BCUT2D eigenvalue weighted by Gasteiger charge is -2.24. The molecule has 1 aromatic carbocycles. The second-order valence-electron chi connectivity index (χ2n) is 11.1. The Morgan fingerprint density at radius 2 is 2.11 bits per heavy atom. The molecule has 9 nitrogen and oxygen atoms in total. The number of nitrogens with zero attached hydrogens (tertiary/aromatic N) is 5. The van der Waals surface area contributed by atoms with E-state index >= 15 is 0 Å². The number of imidazole rings is 1. The first-order chi connectivity index (χ1) is 18.3. The summed E-state index contributed by atoms with van der Waals surface area (Å²) in [6.45, 7) is 7.15. The highest BCUT2D eigenvalue weighted by atomic mass is 35.5. The van der Waals surface area contributed by atoms with Crippen LogP contribution in [0.3, 0.4) is 0 Å². The number of nitriles is 1. The molecule has 0 saturated heterocycles. The van der Waals surface area contributed by atoms with Gasteiger partial charge in [-0.1, -0.05) is 38.4 Å². The molecule has 0 radical (unpaired) electrons. The van der Waals surface area contributed by atoms with Crippen molar-refractivity contribution in [1.29, 1.82) is 5.26 Å². The number of benzene rings is 1. The second kappa shape index (κ2) is 9.39. The SMILES string of the molecule is CC(C)(C)CNc1c(C#N)cnc2c(Cl)cc(N[C@H](C3=CN(C4CC4)NN3)c3cccn4cncc34)cc12. The Balaban J connectivity index is 1.44. The smallest absolute Gasteiger partial charge is 0.103 e. The molecule has 1 fully saturated rings. The van der Waals surface area contributed by atoms with Crippen LogP contribution < -0.4 is 21.6 Å². The minimum Gasteiger partial charge on any atom is -0.383 e. The normalized spacial score (nSPS) is 16.3. The van der Waals surface area contributed by atoms with Gasteiger partial charge in [-0.05, 0) is 36.5 Å². The molecule has 194 valence electrons. The summed E-state index contributed by atoms with van der Waals surface area (Å²) in [6, 6.07) is 10.6. The molecule has 0 amide bonds. The topological polar surface area (TPSA) is 105 Å². The maximum Gasteiger partial charge on any atom is 0.103 e. The summed E-state index contributed by atoms with van der Waals surface area (Å²) in [5.74, 6) is 0. The van der Waals surface area contributed by atoms with Crippen LogP contribution in [0.1, 0.15) is 50.8 Å². The standard InChI is InChI=1S/C28H30ClN9/c1-28(2,3)15-33-25-17(11-30)12-32-26-21(25)9-18(10-22(26)29)34-27(23-14-38(36-35-23)19-6-7-19)20-5-4-8-37-16-31-13-24(20)37/h4-5,8-10,12-14,16,19,27,34-36H,6-7,15H2,1-3H3,(H,32,33)/t27-/m0/s1. The first-order valence-corrected chi connectivity index (χ1v) is 13.1. The van der Waals surface area contributed by atoms with Gasteiger partial charge in [-0.25, -0.2) is 4.98 Å². The Morgan fingerprint density at radius 3 is 2.87 bits per heavy atom. The number of fused-ring (bicyclic) bond motifs is 2. The Kier molecular flexibility index (Phi) is 6.01. The largest absolute Gasteiger partial charge is 0.383 e. The zero-order valence-electron chi connectivity index (χ0n) is 21.6. The van der Waals surface area contributed by atoms with Crippen molar-refractivity contribution < 1.29 is 0 Å². The third-order valence-electron chi connectivity index (χ3n) is 6.81. The van der Waals surface area contributed by atoms with E-state index in [1.807, 2.05) is 35.0 Å². The van der Waals surface area contributed by atoms with Gasteiger partial charge in [0.1, 0.15) is 6.07 Å². The van der Waals surface area contributed by atoms with Gasteiger partial charge < -0.3 is 20.5 Å². The molecule has 4 N–H and O–H groups in total. The highest BCUT2D eigenvalue weighted by molar-refractivity contribution is 6.35. The summed E-state index contributed by atoms with van der Waals surface area (Å²) < 4.78 is 2.01. The minimum absolute atomic E-state index is 0.0258. The van der Waals surface area contributed by atoms with Crippen LogP contribution in [0.2, 0.25) is 5.02 Å². The quantitative estimate of drug-likeness (QED) is 0.255. The number of hydrazine groups is 2. The van der Waals surface area contributed by atoms with Gasteiger partial charge in [0, 0.05) is 47.8 Å². The van der Waals surface area contributed by atoms with E-state index in [1.54, 1.807) is 12.5 Å². The highest BCUT2D eigenvalue weighted by Gasteiger charge is 2.33. The molecule has 4 aromatic rings. The lowest BCUT2D eigenvalue weighted by Crippen LogP contribution is -2.38. The van der Waals surface area contributed by atoms with Crippen molar-refractivity contribution in [2.24, 2.45) is 5.41 Å². The van der Waals surface area contributed by atoms with E-state index in [2.05, 4.69) is 75.7 Å². The summed E-state index contributed by atoms with van der Waals surface area (Å²) >= 11 is 6.78. The predicted molar refractivity (Wildman–Crippen MR) is 150 cm³/mol. The molecule has 0 bridgehead atoms. The maximum absolute atomic E-state index is 9.82. The average Bonchev–Trinajstić information content (AvgIpc) is 3.41. The van der Waals surface area contributed by atoms with Crippen LogP contribution >= 0.6 is 11.6 Å². The molecule has 6 rings (SSSR count). The molecule has 0 unspecified atom stereocenters. The fourth-order valence-electron chi connectivity index (χ4n) is 4.72. The van der Waals surface area contributed by atoms with E-state index in [4.69, 9.17) is 11.6 Å². The fraction of sp³-hybridized carbons (Fsp3) is 0.321. The Bertz CT molecular complexity index is 1590. The second-order valence-corrected chi connectivity index (χ2v) is 11.5. The highest BCUT2D eigenvalue weighted by Crippen LogP contribution is 2.37. The van der Waals surface area contributed by atoms with Crippen molar-refractivity contribution in [3.63, 3.8) is 0 Å². The third kappa shape index (κ3) is 4.69. The van der Waals surface area contributed by atoms with E-state index in [1.165, 1.54) is 12.8 Å². The van der Waals surface area contributed by atoms with E-state index in [0.717, 1.165) is 33.5 Å². The van der Waals surface area contributed by atoms with Gasteiger partial charge in [-0.15, -0.1) is 5.53 Å². The number of hydrogen-bond acceptors (Lipinski definition) is 8. The van der Waals surface area contributed by atoms with Crippen LogP contribution in [0.15, 0.2) is 61.1 Å². The molecule has 1 aliphatic carbocycles. The van der Waals surface area contributed by atoms with Crippen molar-refractivity contribution in [3.05, 3.63) is 77.2 Å². The van der Waals surface area contributed by atoms with Gasteiger partial charge in [0.2, 0.25) is 0 Å². The Labute approximate surface area is 226 Å². The van der Waals surface area contributed by atoms with Gasteiger partial charge in [0.25, 0.3) is 0 Å². The number of pyridine rings is 2. The van der Waals surface area contributed by atoms with Gasteiger partial charge in [-0.2, -0.15) is 5.26 Å². The summed E-state index contributed by atoms with van der Waals surface area (Å²) in [7, 11) is 0. The van der Waals surface area contributed by atoms with Gasteiger partial charge in [0.05, 0.1) is 51.6 Å². The van der Waals surface area contributed by atoms with Crippen molar-refractivity contribution in [3.8, 4) is 6.07 Å². The van der Waals surface area contributed by atoms with Gasteiger partial charge in [0.15, 0.2) is 0 Å². The average molecular weight is 528 g/mol. The molecule has 3 aromatic heterocycles. The fourth-order valence-corrected chi connectivity index (χ4v) is 4.99. The van der Waals surface area contributed by atoms with Crippen molar-refractivity contribution >= 4 is 39.4 Å². The summed E-state index contributed by atoms with van der Waals surface area (Å²) in [4.78, 5) is 8.87. The number of hydrogen-bond donors (Lipinski definition) is 4. The third-order valence-corrected chi connectivity index (χ3v) is 7.09. The number of halogens is 1. The first kappa shape index (κ1) is 24.3. The lowest BCUT2D eigenvalue weighted by atomic mass is 9.96. The van der Waals surface area contributed by atoms with Crippen LogP contribution in [0.25, 0.3) is 16.4 Å². The molecule has 10 heteroatoms. The molecular weight excluding hydrogens is 498 g/mol. The van der Waals surface area contributed by atoms with Crippen LogP contribution in [0, 0.1) is 16.7 Å². The zero-order valence-corrected chi connectivity index (χ0v) is 22.3. The molecular formula is C28H30ClN9. The lowest BCUT2D eigenvalue weighted by molar-refractivity contribution is 0.260. The maximum atomic E-state index is 9.82. The number of anilines is 2. The molecule has 2 aliphatic rings. The molecule has 1 aliphatic heterocycles. The van der Waals surface area contributed by atoms with Crippen molar-refractivity contribution in [2.75, 3.05) is 17.2 Å².